The molecule has 1 aliphatic heterocycles. The van der Waals surface area contributed by atoms with Gasteiger partial charge in [0.1, 0.15) is 11.1 Å². The SMILES string of the molecule is COC(=O)/C(=C(/C)O)N1C(=O)C([C@@](C)(O[Si](C)C)C(C)(C)C)C1SSc1nc2ccccc2s1. The number of amides is 1. The van der Waals surface area contributed by atoms with Gasteiger partial charge in [-0.15, -0.1) is 11.3 Å². The number of esters is 1. The number of carbonyl (C=O) groups excluding carboxylic acids is 2. The Hall–Kier alpha value is -1.53. The summed E-state index contributed by atoms with van der Waals surface area (Å²) in [5.41, 5.74) is -0.359. The van der Waals surface area contributed by atoms with Crippen LogP contribution in [-0.2, 0) is 18.8 Å². The Morgan fingerprint density at radius 2 is 1.88 bits per heavy atom. The van der Waals surface area contributed by atoms with E-state index in [4.69, 9.17) is 9.16 Å². The normalized spacial score (nSPS) is 21.3. The molecule has 0 spiro atoms. The van der Waals surface area contributed by atoms with Crippen molar-refractivity contribution >= 4 is 64.1 Å². The van der Waals surface area contributed by atoms with E-state index < -0.39 is 31.9 Å². The molecule has 0 saturated carbocycles. The minimum atomic E-state index is -1.15. The lowest BCUT2D eigenvalue weighted by Gasteiger charge is -2.57. The highest BCUT2D eigenvalue weighted by Gasteiger charge is 2.63. The summed E-state index contributed by atoms with van der Waals surface area (Å²) in [4.78, 5) is 32.2. The number of fused-ring (bicyclic) bond motifs is 1. The number of benzene rings is 1. The number of methoxy groups -OCH3 is 1. The molecule has 1 amide bonds. The molecule has 0 aliphatic carbocycles. The Morgan fingerprint density at radius 3 is 2.41 bits per heavy atom. The van der Waals surface area contributed by atoms with E-state index in [1.165, 1.54) is 40.5 Å². The molecule has 1 fully saturated rings. The van der Waals surface area contributed by atoms with Crippen molar-refractivity contribution in [1.29, 1.82) is 0 Å². The van der Waals surface area contributed by atoms with Crippen LogP contribution in [0.25, 0.3) is 10.2 Å². The standard InChI is InChI=1S/C23H31N2O5S3Si/c1-13(26)17(20(28)29-6)25-18(27)16(23(5,22(2,3)4)30-34(7)8)19(25)32-33-21-24-14-11-9-10-12-15(14)31-21/h9-12,16,19,26H,1-8H3/b17-13+/t16?,19?,23-/m1/s1. The third-order valence-electron chi connectivity index (χ3n) is 6.00. The van der Waals surface area contributed by atoms with Gasteiger partial charge < -0.3 is 14.3 Å². The van der Waals surface area contributed by atoms with Crippen molar-refractivity contribution in [3.8, 4) is 0 Å². The minimum Gasteiger partial charge on any atom is -0.510 e. The van der Waals surface area contributed by atoms with Crippen LogP contribution in [0.5, 0.6) is 0 Å². The van der Waals surface area contributed by atoms with E-state index in [1.54, 1.807) is 11.3 Å². The van der Waals surface area contributed by atoms with Gasteiger partial charge in [-0.1, -0.05) is 43.7 Å². The Kier molecular flexibility index (Phi) is 8.13. The third kappa shape index (κ3) is 5.04. The van der Waals surface area contributed by atoms with E-state index in [2.05, 4.69) is 25.8 Å². The lowest BCUT2D eigenvalue weighted by molar-refractivity contribution is -0.175. The van der Waals surface area contributed by atoms with Crippen LogP contribution in [0.3, 0.4) is 0 Å². The van der Waals surface area contributed by atoms with Crippen LogP contribution in [0.2, 0.25) is 13.1 Å². The second-order valence-electron chi connectivity index (χ2n) is 9.50. The molecule has 34 heavy (non-hydrogen) atoms. The van der Waals surface area contributed by atoms with Crippen LogP contribution in [-0.4, -0.2) is 54.0 Å². The van der Waals surface area contributed by atoms with E-state index in [0.29, 0.717) is 0 Å². The highest BCUT2D eigenvalue weighted by atomic mass is 33.1. The van der Waals surface area contributed by atoms with Gasteiger partial charge in [-0.05, 0) is 55.3 Å². The number of carbonyl (C=O) groups is 2. The number of allylic oxidation sites excluding steroid dienone is 1. The average molecular weight is 540 g/mol. The van der Waals surface area contributed by atoms with Gasteiger partial charge in [-0.2, -0.15) is 0 Å². The van der Waals surface area contributed by atoms with Crippen molar-refractivity contribution in [2.24, 2.45) is 11.3 Å². The third-order valence-corrected chi connectivity index (χ3v) is 10.8. The van der Waals surface area contributed by atoms with Crippen LogP contribution < -0.4 is 0 Å². The van der Waals surface area contributed by atoms with Crippen molar-refractivity contribution in [3.63, 3.8) is 0 Å². The molecule has 2 heterocycles. The number of ether oxygens (including phenoxy) is 1. The van der Waals surface area contributed by atoms with Gasteiger partial charge in [0.25, 0.3) is 0 Å². The fourth-order valence-corrected chi connectivity index (χ4v) is 9.30. The van der Waals surface area contributed by atoms with E-state index in [9.17, 15) is 14.7 Å². The van der Waals surface area contributed by atoms with Gasteiger partial charge in [0.2, 0.25) is 14.9 Å². The molecule has 185 valence electrons. The molecule has 1 aliphatic rings. The Bertz CT molecular complexity index is 1080. The number of hydrogen-bond donors (Lipinski definition) is 1. The highest BCUT2D eigenvalue weighted by Crippen LogP contribution is 2.55. The monoisotopic (exact) mass is 539 g/mol. The zero-order valence-corrected chi connectivity index (χ0v) is 24.1. The first kappa shape index (κ1) is 27.1. The zero-order chi connectivity index (χ0) is 25.4. The summed E-state index contributed by atoms with van der Waals surface area (Å²) >= 11 is 1.57. The molecule has 3 rings (SSSR count). The number of hydrogen-bond acceptors (Lipinski definition) is 9. The lowest BCUT2D eigenvalue weighted by Crippen LogP contribution is -2.70. The first-order valence-corrected chi connectivity index (χ1v) is 16.2. The van der Waals surface area contributed by atoms with E-state index in [1.807, 2.05) is 44.3 Å². The molecular formula is C23H31N2O5S3Si. The first-order chi connectivity index (χ1) is 15.8. The van der Waals surface area contributed by atoms with Gasteiger partial charge in [-0.25, -0.2) is 9.78 Å². The summed E-state index contributed by atoms with van der Waals surface area (Å²) < 4.78 is 13.3. The minimum absolute atomic E-state index is 0.138. The van der Waals surface area contributed by atoms with Crippen LogP contribution in [0.15, 0.2) is 40.1 Å². The fourth-order valence-electron chi connectivity index (χ4n) is 3.91. The summed E-state index contributed by atoms with van der Waals surface area (Å²) in [6.07, 6.45) is 0. The molecule has 3 atom stereocenters. The van der Waals surface area contributed by atoms with Crippen LogP contribution in [0.4, 0.5) is 0 Å². The quantitative estimate of drug-likeness (QED) is 0.111. The molecule has 2 unspecified atom stereocenters. The number of likely N-dealkylation sites (tertiary alicyclic amines) is 1. The Morgan fingerprint density at radius 1 is 1.24 bits per heavy atom. The summed E-state index contributed by atoms with van der Waals surface area (Å²) in [5.74, 6) is -1.81. The number of aliphatic hydroxyl groups is 1. The summed E-state index contributed by atoms with van der Waals surface area (Å²) in [5, 5.41) is 9.83. The van der Waals surface area contributed by atoms with Gasteiger partial charge in [0.15, 0.2) is 10.0 Å². The highest BCUT2D eigenvalue weighted by molar-refractivity contribution is 8.77. The first-order valence-electron chi connectivity index (χ1n) is 10.8. The smallest absolute Gasteiger partial charge is 0.358 e. The zero-order valence-electron chi connectivity index (χ0n) is 20.7. The van der Waals surface area contributed by atoms with Crippen LogP contribution in [0.1, 0.15) is 34.6 Å². The maximum Gasteiger partial charge on any atom is 0.358 e. The second kappa shape index (κ2) is 10.2. The predicted octanol–water partition coefficient (Wildman–Crippen LogP) is 5.86. The van der Waals surface area contributed by atoms with Crippen molar-refractivity contribution < 1.29 is 23.9 Å². The topological polar surface area (TPSA) is 89.0 Å². The van der Waals surface area contributed by atoms with Gasteiger partial charge in [0, 0.05) is 0 Å². The Labute approximate surface area is 214 Å². The second-order valence-corrected chi connectivity index (χ2v) is 15.1. The number of nitrogens with zero attached hydrogens (tertiary/aromatic N) is 2. The average Bonchev–Trinajstić information content (AvgIpc) is 3.15. The molecular weight excluding hydrogens is 509 g/mol. The Balaban J connectivity index is 2.01. The number of thiazole rings is 1. The van der Waals surface area contributed by atoms with Crippen molar-refractivity contribution in [1.82, 2.24) is 9.88 Å². The summed E-state index contributed by atoms with van der Waals surface area (Å²) in [7, 11) is 2.99. The van der Waals surface area contributed by atoms with Gasteiger partial charge in [0.05, 0.1) is 28.8 Å². The summed E-state index contributed by atoms with van der Waals surface area (Å²) in [6.45, 7) is 13.6. The van der Waals surface area contributed by atoms with E-state index >= 15 is 0 Å². The predicted molar refractivity (Wildman–Crippen MR) is 141 cm³/mol. The number of aliphatic hydroxyl groups excluding tert-OH is 1. The number of para-hydroxylation sites is 1. The largest absolute Gasteiger partial charge is 0.510 e. The van der Waals surface area contributed by atoms with Crippen molar-refractivity contribution in [2.75, 3.05) is 7.11 Å². The number of rotatable bonds is 8. The maximum atomic E-state index is 13.6. The summed E-state index contributed by atoms with van der Waals surface area (Å²) in [6, 6.07) is 7.91. The molecule has 0 bridgehead atoms. The fraction of sp³-hybridized carbons (Fsp3) is 0.522. The van der Waals surface area contributed by atoms with Crippen LogP contribution >= 0.6 is 32.9 Å². The van der Waals surface area contributed by atoms with E-state index in [0.717, 1.165) is 14.6 Å². The molecule has 7 nitrogen and oxygen atoms in total. The van der Waals surface area contributed by atoms with Gasteiger partial charge in [-0.3, -0.25) is 9.69 Å². The van der Waals surface area contributed by atoms with E-state index in [-0.39, 0.29) is 22.8 Å². The molecule has 1 aromatic heterocycles. The molecule has 11 heteroatoms. The number of β-lactam (4-membered cyclic amide) rings is 1. The molecule has 1 N–H and O–H groups in total. The maximum absolute atomic E-state index is 13.6. The van der Waals surface area contributed by atoms with Crippen molar-refractivity contribution in [3.05, 3.63) is 35.7 Å². The molecule has 1 saturated heterocycles. The lowest BCUT2D eigenvalue weighted by atomic mass is 9.66. The van der Waals surface area contributed by atoms with Crippen molar-refractivity contribution in [2.45, 2.75) is 63.0 Å². The van der Waals surface area contributed by atoms with Gasteiger partial charge >= 0.3 is 5.97 Å². The molecule has 1 aromatic carbocycles. The molecule has 2 aromatic rings. The van der Waals surface area contributed by atoms with Crippen LogP contribution in [0, 0.1) is 11.3 Å². The molecule has 1 radical (unpaired) electrons. The number of aromatic nitrogens is 1.